The van der Waals surface area contributed by atoms with Gasteiger partial charge in [0.05, 0.1) is 11.1 Å². The van der Waals surface area contributed by atoms with Crippen LogP contribution < -0.4 is 0 Å². The van der Waals surface area contributed by atoms with Gasteiger partial charge < -0.3 is 10.0 Å². The molecule has 0 radical (unpaired) electrons. The van der Waals surface area contributed by atoms with Crippen LogP contribution in [0, 0.1) is 5.82 Å². The average Bonchev–Trinajstić information content (AvgIpc) is 2.41. The van der Waals surface area contributed by atoms with Crippen molar-refractivity contribution in [3.8, 4) is 0 Å². The van der Waals surface area contributed by atoms with Gasteiger partial charge in [-0.25, -0.2) is 4.39 Å². The van der Waals surface area contributed by atoms with Crippen LogP contribution in [0.3, 0.4) is 0 Å². The summed E-state index contributed by atoms with van der Waals surface area (Å²) in [6.45, 7) is 4.03. The maximum atomic E-state index is 13.8. The van der Waals surface area contributed by atoms with Crippen molar-refractivity contribution >= 4 is 11.6 Å². The molecule has 1 fully saturated rings. The van der Waals surface area contributed by atoms with Crippen LogP contribution in [0.4, 0.5) is 4.39 Å². The number of piperidine rings is 1. The number of benzene rings is 1. The smallest absolute Gasteiger partial charge is 0.144 e. The third-order valence-corrected chi connectivity index (χ3v) is 4.28. The molecular weight excluding hydrogens is 265 g/mol. The number of likely N-dealkylation sites (tertiary alicyclic amines) is 1. The zero-order valence-electron chi connectivity index (χ0n) is 11.3. The van der Waals surface area contributed by atoms with Crippen molar-refractivity contribution in [2.45, 2.75) is 44.8 Å². The van der Waals surface area contributed by atoms with Crippen LogP contribution in [-0.4, -0.2) is 35.2 Å². The maximum Gasteiger partial charge on any atom is 0.144 e. The van der Waals surface area contributed by atoms with Crippen molar-refractivity contribution in [1.82, 2.24) is 4.90 Å². The summed E-state index contributed by atoms with van der Waals surface area (Å²) in [5.41, 5.74) is 0.691. The highest BCUT2D eigenvalue weighted by Crippen LogP contribution is 2.21. The molecule has 0 amide bonds. The molecule has 2 rings (SSSR count). The van der Waals surface area contributed by atoms with Crippen LogP contribution in [0.1, 0.15) is 31.7 Å². The lowest BCUT2D eigenvalue weighted by Crippen LogP contribution is -2.41. The number of aliphatic hydroxyl groups excluding tert-OH is 1. The molecule has 0 aromatic heterocycles. The average molecular weight is 286 g/mol. The third kappa shape index (κ3) is 3.91. The molecular formula is C15H21ClFNO. The van der Waals surface area contributed by atoms with E-state index in [1.165, 1.54) is 0 Å². The second kappa shape index (κ2) is 6.69. The second-order valence-electron chi connectivity index (χ2n) is 5.37. The largest absolute Gasteiger partial charge is 0.393 e. The van der Waals surface area contributed by atoms with E-state index in [4.69, 9.17) is 11.6 Å². The predicted octanol–water partition coefficient (Wildman–Crippen LogP) is 3.26. The zero-order valence-corrected chi connectivity index (χ0v) is 12.0. The minimum absolute atomic E-state index is 0.145. The normalized spacial score (nSPS) is 19.6. The van der Waals surface area contributed by atoms with Gasteiger partial charge in [0, 0.05) is 19.1 Å². The van der Waals surface area contributed by atoms with E-state index < -0.39 is 0 Å². The van der Waals surface area contributed by atoms with Crippen LogP contribution in [0.5, 0.6) is 0 Å². The van der Waals surface area contributed by atoms with Gasteiger partial charge >= 0.3 is 0 Å². The number of halogens is 2. The van der Waals surface area contributed by atoms with E-state index in [9.17, 15) is 9.50 Å². The third-order valence-electron chi connectivity index (χ3n) is 3.99. The molecule has 106 valence electrons. The topological polar surface area (TPSA) is 23.5 Å². The van der Waals surface area contributed by atoms with Crippen LogP contribution in [-0.2, 0) is 6.42 Å². The summed E-state index contributed by atoms with van der Waals surface area (Å²) >= 11 is 5.78. The molecule has 1 aromatic carbocycles. The molecule has 1 aromatic rings. The SMILES string of the molecule is CC(CCc1cccc(Cl)c1F)N1CCC(O)CC1. The molecule has 4 heteroatoms. The fraction of sp³-hybridized carbons (Fsp3) is 0.600. The van der Waals surface area contributed by atoms with Gasteiger partial charge in [-0.3, -0.25) is 0 Å². The molecule has 1 atom stereocenters. The molecule has 0 aliphatic carbocycles. The van der Waals surface area contributed by atoms with Gasteiger partial charge in [0.25, 0.3) is 0 Å². The Balaban J connectivity index is 1.86. The Labute approximate surface area is 119 Å². The van der Waals surface area contributed by atoms with Crippen molar-refractivity contribution in [3.63, 3.8) is 0 Å². The highest BCUT2D eigenvalue weighted by molar-refractivity contribution is 6.30. The van der Waals surface area contributed by atoms with Gasteiger partial charge in [0.1, 0.15) is 5.82 Å². The number of hydrogen-bond acceptors (Lipinski definition) is 2. The van der Waals surface area contributed by atoms with Crippen LogP contribution in [0.2, 0.25) is 5.02 Å². The quantitative estimate of drug-likeness (QED) is 0.918. The van der Waals surface area contributed by atoms with Crippen LogP contribution in [0.25, 0.3) is 0 Å². The molecule has 1 saturated heterocycles. The highest BCUT2D eigenvalue weighted by atomic mass is 35.5. The van der Waals surface area contributed by atoms with Crippen molar-refractivity contribution < 1.29 is 9.50 Å². The Kier molecular flexibility index (Phi) is 5.20. The number of hydrogen-bond donors (Lipinski definition) is 1. The summed E-state index contributed by atoms with van der Waals surface area (Å²) < 4.78 is 13.8. The summed E-state index contributed by atoms with van der Waals surface area (Å²) in [5, 5.41) is 9.69. The number of nitrogens with zero attached hydrogens (tertiary/aromatic N) is 1. The van der Waals surface area contributed by atoms with Gasteiger partial charge in [0.2, 0.25) is 0 Å². The van der Waals surface area contributed by atoms with Gasteiger partial charge in [-0.1, -0.05) is 23.7 Å². The fourth-order valence-electron chi connectivity index (χ4n) is 2.62. The zero-order chi connectivity index (χ0) is 13.8. The predicted molar refractivity (Wildman–Crippen MR) is 76.0 cm³/mol. The first kappa shape index (κ1) is 14.8. The summed E-state index contributed by atoms with van der Waals surface area (Å²) in [6.07, 6.45) is 3.15. The lowest BCUT2D eigenvalue weighted by atomic mass is 10.0. The number of rotatable bonds is 4. The lowest BCUT2D eigenvalue weighted by molar-refractivity contribution is 0.0628. The minimum Gasteiger partial charge on any atom is -0.393 e. The van der Waals surface area contributed by atoms with E-state index in [-0.39, 0.29) is 16.9 Å². The summed E-state index contributed by atoms with van der Waals surface area (Å²) in [5.74, 6) is -0.287. The van der Waals surface area contributed by atoms with Gasteiger partial charge in [0.15, 0.2) is 0 Å². The monoisotopic (exact) mass is 285 g/mol. The Morgan fingerprint density at radius 1 is 1.42 bits per heavy atom. The van der Waals surface area contributed by atoms with Crippen LogP contribution in [0.15, 0.2) is 18.2 Å². The van der Waals surface area contributed by atoms with Crippen molar-refractivity contribution in [1.29, 1.82) is 0 Å². The first-order chi connectivity index (χ1) is 9.08. The fourth-order valence-corrected chi connectivity index (χ4v) is 2.81. The summed E-state index contributed by atoms with van der Waals surface area (Å²) in [4.78, 5) is 2.37. The second-order valence-corrected chi connectivity index (χ2v) is 5.77. The maximum absolute atomic E-state index is 13.8. The van der Waals surface area contributed by atoms with Crippen molar-refractivity contribution in [2.24, 2.45) is 0 Å². The first-order valence-corrected chi connectivity index (χ1v) is 7.30. The van der Waals surface area contributed by atoms with Gasteiger partial charge in [-0.05, 0) is 44.2 Å². The molecule has 1 unspecified atom stereocenters. The van der Waals surface area contributed by atoms with E-state index in [0.717, 1.165) is 32.4 Å². The molecule has 1 N–H and O–H groups in total. The molecule has 0 bridgehead atoms. The van der Waals surface area contributed by atoms with Gasteiger partial charge in [-0.2, -0.15) is 0 Å². The van der Waals surface area contributed by atoms with Crippen molar-refractivity contribution in [3.05, 3.63) is 34.6 Å². The summed E-state index contributed by atoms with van der Waals surface area (Å²) in [7, 11) is 0. The molecule has 1 aliphatic rings. The molecule has 0 saturated carbocycles. The molecule has 0 spiro atoms. The Bertz CT molecular complexity index is 419. The number of aryl methyl sites for hydroxylation is 1. The molecule has 2 nitrogen and oxygen atoms in total. The van der Waals surface area contributed by atoms with Gasteiger partial charge in [-0.15, -0.1) is 0 Å². The van der Waals surface area contributed by atoms with E-state index in [1.807, 2.05) is 0 Å². The Morgan fingerprint density at radius 2 is 2.11 bits per heavy atom. The Morgan fingerprint density at radius 3 is 2.79 bits per heavy atom. The van der Waals surface area contributed by atoms with Crippen LogP contribution >= 0.6 is 11.6 Å². The van der Waals surface area contributed by atoms with E-state index >= 15 is 0 Å². The molecule has 1 heterocycles. The minimum atomic E-state index is -0.287. The molecule has 1 aliphatic heterocycles. The highest BCUT2D eigenvalue weighted by Gasteiger charge is 2.21. The van der Waals surface area contributed by atoms with Crippen molar-refractivity contribution in [2.75, 3.05) is 13.1 Å². The van der Waals surface area contributed by atoms with E-state index in [2.05, 4.69) is 11.8 Å². The molecule has 19 heavy (non-hydrogen) atoms. The number of aliphatic hydroxyl groups is 1. The van der Waals surface area contributed by atoms with E-state index in [1.54, 1.807) is 18.2 Å². The standard InChI is InChI=1S/C15H21ClFNO/c1-11(18-9-7-13(19)8-10-18)5-6-12-3-2-4-14(16)15(12)17/h2-4,11,13,19H,5-10H2,1H3. The summed E-state index contributed by atoms with van der Waals surface area (Å²) in [6, 6.07) is 5.58. The first-order valence-electron chi connectivity index (χ1n) is 6.93. The Hall–Kier alpha value is -0.640. The van der Waals surface area contributed by atoms with E-state index in [0.29, 0.717) is 18.0 Å². The lowest BCUT2D eigenvalue weighted by Gasteiger charge is -2.34.